The van der Waals surface area contributed by atoms with Gasteiger partial charge < -0.3 is 10.2 Å². The molecule has 0 aliphatic heterocycles. The van der Waals surface area contributed by atoms with Crippen molar-refractivity contribution in [3.8, 4) is 0 Å². The number of carbonyl (C=O) groups is 2. The maximum atomic E-state index is 14.1. The molecule has 0 aliphatic rings. The van der Waals surface area contributed by atoms with Gasteiger partial charge in [-0.25, -0.2) is 8.42 Å². The number of aryl methyl sites for hydroxylation is 1. The summed E-state index contributed by atoms with van der Waals surface area (Å²) >= 11 is 6.07. The fraction of sp³-hybridized carbons (Fsp3) is 0.355. The minimum Gasteiger partial charge on any atom is -0.354 e. The molecule has 0 spiro atoms. The fourth-order valence-electron chi connectivity index (χ4n) is 4.27. The molecule has 0 saturated carbocycles. The molecule has 0 fully saturated rings. The Morgan fingerprint density at radius 2 is 1.48 bits per heavy atom. The van der Waals surface area contributed by atoms with E-state index < -0.39 is 28.5 Å². The third-order valence-corrected chi connectivity index (χ3v) is 8.62. The minimum absolute atomic E-state index is 0.0772. The lowest BCUT2D eigenvalue weighted by Crippen LogP contribution is -2.52. The lowest BCUT2D eigenvalue weighted by molar-refractivity contribution is -0.140. The summed E-state index contributed by atoms with van der Waals surface area (Å²) in [6.07, 6.45) is 1.16. The van der Waals surface area contributed by atoms with Crippen molar-refractivity contribution in [1.29, 1.82) is 0 Å². The standard InChI is InChI=1S/C31H38ClN3O4S/c1-5-24-14-18-27(19-15-24)35(40(38,39)28-10-8-7-9-11-28)22-30(36)34(21-25-12-16-26(32)17-13-25)29(6-2)31(37)33-20-23(3)4/h7-19,23,29H,5-6,20-22H2,1-4H3,(H,33,37). The first-order chi connectivity index (χ1) is 19.1. The van der Waals surface area contributed by atoms with Crippen LogP contribution in [0.3, 0.4) is 0 Å². The van der Waals surface area contributed by atoms with Crippen LogP contribution in [0.5, 0.6) is 0 Å². The molecule has 7 nitrogen and oxygen atoms in total. The van der Waals surface area contributed by atoms with Crippen molar-refractivity contribution in [2.75, 3.05) is 17.4 Å². The molecule has 40 heavy (non-hydrogen) atoms. The number of halogens is 1. The highest BCUT2D eigenvalue weighted by atomic mass is 35.5. The second-order valence-electron chi connectivity index (χ2n) is 10.1. The fourth-order valence-corrected chi connectivity index (χ4v) is 5.84. The third-order valence-electron chi connectivity index (χ3n) is 6.58. The Labute approximate surface area is 243 Å². The van der Waals surface area contributed by atoms with Gasteiger partial charge in [-0.3, -0.25) is 13.9 Å². The maximum Gasteiger partial charge on any atom is 0.264 e. The summed E-state index contributed by atoms with van der Waals surface area (Å²) in [5.74, 6) is -0.525. The van der Waals surface area contributed by atoms with Crippen molar-refractivity contribution in [2.45, 2.75) is 58.0 Å². The van der Waals surface area contributed by atoms with Gasteiger partial charge in [0, 0.05) is 18.1 Å². The molecule has 0 saturated heterocycles. The molecule has 0 aromatic heterocycles. The average molecular weight is 584 g/mol. The number of nitrogens with one attached hydrogen (secondary N) is 1. The van der Waals surface area contributed by atoms with Crippen molar-refractivity contribution in [1.82, 2.24) is 10.2 Å². The van der Waals surface area contributed by atoms with Gasteiger partial charge in [0.1, 0.15) is 12.6 Å². The van der Waals surface area contributed by atoms with E-state index >= 15 is 0 Å². The molecule has 0 radical (unpaired) electrons. The van der Waals surface area contributed by atoms with Crippen molar-refractivity contribution in [2.24, 2.45) is 5.92 Å². The molecular weight excluding hydrogens is 546 g/mol. The van der Waals surface area contributed by atoms with E-state index in [4.69, 9.17) is 11.6 Å². The second-order valence-corrected chi connectivity index (χ2v) is 12.4. The van der Waals surface area contributed by atoms with Gasteiger partial charge in [-0.15, -0.1) is 0 Å². The number of sulfonamides is 1. The van der Waals surface area contributed by atoms with E-state index in [-0.39, 0.29) is 23.3 Å². The minimum atomic E-state index is -4.09. The summed E-state index contributed by atoms with van der Waals surface area (Å²) < 4.78 is 28.8. The van der Waals surface area contributed by atoms with Gasteiger partial charge in [0.05, 0.1) is 10.6 Å². The van der Waals surface area contributed by atoms with Crippen LogP contribution in [0.2, 0.25) is 5.02 Å². The van der Waals surface area contributed by atoms with Gasteiger partial charge >= 0.3 is 0 Å². The van der Waals surface area contributed by atoms with Gasteiger partial charge in [-0.2, -0.15) is 0 Å². The van der Waals surface area contributed by atoms with Crippen LogP contribution in [0.25, 0.3) is 0 Å². The topological polar surface area (TPSA) is 86.8 Å². The van der Waals surface area contributed by atoms with Gasteiger partial charge in [0.2, 0.25) is 11.8 Å². The first-order valence-corrected chi connectivity index (χ1v) is 15.4. The predicted octanol–water partition coefficient (Wildman–Crippen LogP) is 5.68. The molecule has 0 aliphatic carbocycles. The molecule has 3 rings (SSSR count). The zero-order chi connectivity index (χ0) is 29.3. The number of amides is 2. The zero-order valence-corrected chi connectivity index (χ0v) is 25.1. The largest absolute Gasteiger partial charge is 0.354 e. The Morgan fingerprint density at radius 3 is 2.02 bits per heavy atom. The quantitative estimate of drug-likeness (QED) is 0.281. The number of hydrogen-bond donors (Lipinski definition) is 1. The van der Waals surface area contributed by atoms with Crippen LogP contribution in [-0.4, -0.2) is 44.3 Å². The summed E-state index contributed by atoms with van der Waals surface area (Å²) in [5, 5.41) is 3.49. The first kappa shape index (κ1) is 31.2. The van der Waals surface area contributed by atoms with Crippen molar-refractivity contribution in [3.05, 3.63) is 95.0 Å². The number of benzene rings is 3. The molecule has 0 bridgehead atoms. The molecule has 9 heteroatoms. The molecule has 1 atom stereocenters. The molecule has 1 unspecified atom stereocenters. The molecule has 3 aromatic carbocycles. The van der Waals surface area contributed by atoms with Crippen LogP contribution in [0.15, 0.2) is 83.8 Å². The lowest BCUT2D eigenvalue weighted by Gasteiger charge is -2.33. The molecular formula is C31H38ClN3O4S. The van der Waals surface area contributed by atoms with E-state index in [0.717, 1.165) is 21.9 Å². The van der Waals surface area contributed by atoms with E-state index in [1.165, 1.54) is 17.0 Å². The van der Waals surface area contributed by atoms with E-state index in [0.29, 0.717) is 23.7 Å². The van der Waals surface area contributed by atoms with E-state index in [1.807, 2.05) is 39.8 Å². The van der Waals surface area contributed by atoms with Crippen molar-refractivity contribution >= 4 is 39.1 Å². The Morgan fingerprint density at radius 1 is 0.875 bits per heavy atom. The number of hydrogen-bond acceptors (Lipinski definition) is 4. The third kappa shape index (κ3) is 8.08. The van der Waals surface area contributed by atoms with Gasteiger partial charge in [0.15, 0.2) is 0 Å². The van der Waals surface area contributed by atoms with Gasteiger partial charge in [-0.1, -0.05) is 81.8 Å². The maximum absolute atomic E-state index is 14.1. The SMILES string of the molecule is CCc1ccc(N(CC(=O)N(Cc2ccc(Cl)cc2)C(CC)C(=O)NCC(C)C)S(=O)(=O)c2ccccc2)cc1. The van der Waals surface area contributed by atoms with Crippen molar-refractivity contribution in [3.63, 3.8) is 0 Å². The highest BCUT2D eigenvalue weighted by molar-refractivity contribution is 7.92. The van der Waals surface area contributed by atoms with Gasteiger partial charge in [0.25, 0.3) is 10.0 Å². The van der Waals surface area contributed by atoms with Crippen molar-refractivity contribution < 1.29 is 18.0 Å². The Balaban J connectivity index is 2.03. The van der Waals surface area contributed by atoms with Crippen LogP contribution in [0.4, 0.5) is 5.69 Å². The van der Waals surface area contributed by atoms with E-state index in [2.05, 4.69) is 5.32 Å². The van der Waals surface area contributed by atoms with E-state index in [9.17, 15) is 18.0 Å². The van der Waals surface area contributed by atoms with Crippen LogP contribution >= 0.6 is 11.6 Å². The van der Waals surface area contributed by atoms with E-state index in [1.54, 1.807) is 54.6 Å². The monoisotopic (exact) mass is 583 g/mol. The number of rotatable bonds is 13. The zero-order valence-electron chi connectivity index (χ0n) is 23.5. The number of anilines is 1. The predicted molar refractivity (Wildman–Crippen MR) is 161 cm³/mol. The molecule has 0 heterocycles. The smallest absolute Gasteiger partial charge is 0.264 e. The van der Waals surface area contributed by atoms with Crippen LogP contribution in [0, 0.1) is 5.92 Å². The second kappa shape index (κ2) is 14.3. The molecule has 214 valence electrons. The summed E-state index contributed by atoms with van der Waals surface area (Å²) in [5.41, 5.74) is 2.19. The normalized spacial score (nSPS) is 12.2. The number of nitrogens with zero attached hydrogens (tertiary/aromatic N) is 2. The highest BCUT2D eigenvalue weighted by Crippen LogP contribution is 2.25. The Hall–Kier alpha value is -3.36. The van der Waals surface area contributed by atoms with Crippen LogP contribution in [-0.2, 0) is 32.6 Å². The Bertz CT molecular complexity index is 1360. The summed E-state index contributed by atoms with van der Waals surface area (Å²) in [4.78, 5) is 28.9. The average Bonchev–Trinajstić information content (AvgIpc) is 2.96. The summed E-state index contributed by atoms with van der Waals surface area (Å²) in [7, 11) is -4.09. The molecule has 2 amide bonds. The molecule has 1 N–H and O–H groups in total. The molecule has 3 aromatic rings. The summed E-state index contributed by atoms with van der Waals surface area (Å²) in [6, 6.07) is 21.4. The Kier molecular flexibility index (Phi) is 11.2. The first-order valence-electron chi connectivity index (χ1n) is 13.5. The number of carbonyl (C=O) groups excluding carboxylic acids is 2. The van der Waals surface area contributed by atoms with Gasteiger partial charge in [-0.05, 0) is 66.3 Å². The summed E-state index contributed by atoms with van der Waals surface area (Å²) in [6.45, 7) is 7.96. The lowest BCUT2D eigenvalue weighted by atomic mass is 10.1. The van der Waals surface area contributed by atoms with Crippen LogP contribution in [0.1, 0.15) is 45.2 Å². The van der Waals surface area contributed by atoms with Crippen LogP contribution < -0.4 is 9.62 Å². The highest BCUT2D eigenvalue weighted by Gasteiger charge is 2.33.